The quantitative estimate of drug-likeness (QED) is 0.438. The maximum atomic E-state index is 11.8. The molecule has 0 bridgehead atoms. The van der Waals surface area contributed by atoms with Gasteiger partial charge in [-0.25, -0.2) is 13.4 Å². The summed E-state index contributed by atoms with van der Waals surface area (Å²) in [6.45, 7) is 3.56. The average molecular weight is 503 g/mol. The number of rotatable bonds is 7. The van der Waals surface area contributed by atoms with E-state index in [9.17, 15) is 8.42 Å². The summed E-state index contributed by atoms with van der Waals surface area (Å²) in [5.74, 6) is 1.69. The number of nitrogens with zero attached hydrogens (tertiary/aromatic N) is 5. The van der Waals surface area contributed by atoms with Crippen LogP contribution in [0.4, 0.5) is 23.1 Å². The van der Waals surface area contributed by atoms with E-state index in [0.717, 1.165) is 30.8 Å². The molecule has 2 aromatic heterocycles. The van der Waals surface area contributed by atoms with E-state index >= 15 is 0 Å². The third-order valence-corrected chi connectivity index (χ3v) is 7.59. The molecular weight excluding hydrogens is 472 g/mol. The first-order valence-corrected chi connectivity index (χ1v) is 13.5. The van der Waals surface area contributed by atoms with E-state index in [1.54, 1.807) is 13.4 Å². The van der Waals surface area contributed by atoms with Crippen LogP contribution in [-0.4, -0.2) is 91.5 Å². The second-order valence-electron chi connectivity index (χ2n) is 8.71. The molecule has 13 heteroatoms. The Labute approximate surface area is 204 Å². The number of aromatic amines is 1. The first-order chi connectivity index (χ1) is 16.9. The highest BCUT2D eigenvalue weighted by Gasteiger charge is 2.24. The van der Waals surface area contributed by atoms with Gasteiger partial charge < -0.3 is 30.0 Å². The standard InChI is InChI=1S/C22H30N8O4S/c1-33-18-12-16(29-7-9-30(10-8-29)35(2,31)32)5-6-17(18)26-22-27-20-19(23-14-24-20)21(28-22)25-15-4-3-11-34-13-15/h5-6,12,14-15H,3-4,7-11,13H2,1-2H3,(H3,23,24,25,26,27,28). The second kappa shape index (κ2) is 9.84. The van der Waals surface area contributed by atoms with Crippen molar-refractivity contribution in [2.75, 3.05) is 68.3 Å². The van der Waals surface area contributed by atoms with Gasteiger partial charge in [0.05, 0.1) is 38.0 Å². The van der Waals surface area contributed by atoms with Gasteiger partial charge in [0.2, 0.25) is 16.0 Å². The van der Waals surface area contributed by atoms with Gasteiger partial charge in [0, 0.05) is 44.5 Å². The number of nitrogens with one attached hydrogen (secondary N) is 3. The lowest BCUT2D eigenvalue weighted by Crippen LogP contribution is -2.48. The Morgan fingerprint density at radius 2 is 2.03 bits per heavy atom. The van der Waals surface area contributed by atoms with Gasteiger partial charge in [0.25, 0.3) is 0 Å². The fraction of sp³-hybridized carbons (Fsp3) is 0.500. The summed E-state index contributed by atoms with van der Waals surface area (Å²) >= 11 is 0. The molecule has 1 unspecified atom stereocenters. The summed E-state index contributed by atoms with van der Waals surface area (Å²) in [4.78, 5) is 18.8. The molecule has 0 radical (unpaired) electrons. The number of anilines is 4. The molecule has 2 aliphatic rings. The molecule has 188 valence electrons. The first-order valence-electron chi connectivity index (χ1n) is 11.6. The molecule has 1 aromatic carbocycles. The zero-order valence-corrected chi connectivity index (χ0v) is 20.6. The van der Waals surface area contributed by atoms with Gasteiger partial charge in [-0.2, -0.15) is 14.3 Å². The number of hydrogen-bond acceptors (Lipinski definition) is 10. The molecule has 0 spiro atoms. The Kier molecular flexibility index (Phi) is 6.62. The van der Waals surface area contributed by atoms with Crippen LogP contribution in [0.3, 0.4) is 0 Å². The Balaban J connectivity index is 1.35. The summed E-state index contributed by atoms with van der Waals surface area (Å²) in [7, 11) is -1.56. The molecule has 1 atom stereocenters. The molecule has 0 amide bonds. The normalized spacial score (nSPS) is 19.6. The van der Waals surface area contributed by atoms with Crippen LogP contribution in [0, 0.1) is 0 Å². The fourth-order valence-corrected chi connectivity index (χ4v) is 5.25. The van der Waals surface area contributed by atoms with Gasteiger partial charge in [0.1, 0.15) is 11.3 Å². The highest BCUT2D eigenvalue weighted by Crippen LogP contribution is 2.33. The topological polar surface area (TPSA) is 138 Å². The molecule has 2 aliphatic heterocycles. The molecule has 5 rings (SSSR count). The van der Waals surface area contributed by atoms with Gasteiger partial charge in [-0.05, 0) is 25.0 Å². The highest BCUT2D eigenvalue weighted by molar-refractivity contribution is 7.88. The summed E-state index contributed by atoms with van der Waals surface area (Å²) in [5.41, 5.74) is 2.99. The van der Waals surface area contributed by atoms with Crippen LogP contribution in [0.25, 0.3) is 11.2 Å². The Bertz CT molecular complexity index is 1280. The van der Waals surface area contributed by atoms with Gasteiger partial charge in [-0.3, -0.25) is 0 Å². The lowest BCUT2D eigenvalue weighted by Gasteiger charge is -2.35. The van der Waals surface area contributed by atoms with E-state index in [0.29, 0.717) is 61.5 Å². The van der Waals surface area contributed by atoms with Gasteiger partial charge in [0.15, 0.2) is 11.5 Å². The molecule has 2 fully saturated rings. The van der Waals surface area contributed by atoms with Crippen molar-refractivity contribution < 1.29 is 17.9 Å². The third kappa shape index (κ3) is 5.26. The second-order valence-corrected chi connectivity index (χ2v) is 10.7. The number of ether oxygens (including phenoxy) is 2. The van der Waals surface area contributed by atoms with E-state index in [2.05, 4.69) is 35.5 Å². The van der Waals surface area contributed by atoms with E-state index in [1.165, 1.54) is 10.6 Å². The van der Waals surface area contributed by atoms with Crippen molar-refractivity contribution in [3.8, 4) is 5.75 Å². The van der Waals surface area contributed by atoms with Crippen molar-refractivity contribution >= 4 is 44.3 Å². The lowest BCUT2D eigenvalue weighted by molar-refractivity contribution is 0.0875. The Hall–Kier alpha value is -3.16. The molecule has 0 saturated carbocycles. The number of hydrogen-bond donors (Lipinski definition) is 3. The maximum absolute atomic E-state index is 11.8. The molecule has 4 heterocycles. The molecule has 0 aliphatic carbocycles. The van der Waals surface area contributed by atoms with Crippen LogP contribution in [0.1, 0.15) is 12.8 Å². The zero-order valence-electron chi connectivity index (χ0n) is 19.8. The van der Waals surface area contributed by atoms with Crippen molar-refractivity contribution in [3.63, 3.8) is 0 Å². The summed E-state index contributed by atoms with van der Waals surface area (Å²) in [5, 5.41) is 6.72. The number of piperazine rings is 1. The van der Waals surface area contributed by atoms with Crippen LogP contribution >= 0.6 is 0 Å². The number of sulfonamides is 1. The van der Waals surface area contributed by atoms with Gasteiger partial charge >= 0.3 is 0 Å². The van der Waals surface area contributed by atoms with Gasteiger partial charge in [-0.15, -0.1) is 0 Å². The average Bonchev–Trinajstić information content (AvgIpc) is 3.34. The third-order valence-electron chi connectivity index (χ3n) is 6.28. The van der Waals surface area contributed by atoms with Crippen LogP contribution in [-0.2, 0) is 14.8 Å². The minimum atomic E-state index is -3.17. The highest BCUT2D eigenvalue weighted by atomic mass is 32.2. The number of methoxy groups -OCH3 is 1. The summed E-state index contributed by atoms with van der Waals surface area (Å²) in [6, 6.07) is 6.00. The number of fused-ring (bicyclic) bond motifs is 1. The van der Waals surface area contributed by atoms with Gasteiger partial charge in [-0.1, -0.05) is 0 Å². The number of H-pyrrole nitrogens is 1. The van der Waals surface area contributed by atoms with Crippen LogP contribution in [0.5, 0.6) is 5.75 Å². The van der Waals surface area contributed by atoms with Crippen molar-refractivity contribution in [1.29, 1.82) is 0 Å². The van der Waals surface area contributed by atoms with Crippen molar-refractivity contribution in [2.45, 2.75) is 18.9 Å². The summed E-state index contributed by atoms with van der Waals surface area (Å²) < 4.78 is 36.3. The largest absolute Gasteiger partial charge is 0.494 e. The van der Waals surface area contributed by atoms with Crippen molar-refractivity contribution in [3.05, 3.63) is 24.5 Å². The number of aromatic nitrogens is 4. The molecule has 2 saturated heterocycles. The van der Waals surface area contributed by atoms with Crippen molar-refractivity contribution in [2.24, 2.45) is 0 Å². The monoisotopic (exact) mass is 502 g/mol. The van der Waals surface area contributed by atoms with E-state index in [4.69, 9.17) is 9.47 Å². The summed E-state index contributed by atoms with van der Waals surface area (Å²) in [6.07, 6.45) is 4.86. The Morgan fingerprint density at radius 3 is 2.74 bits per heavy atom. The molecule has 3 aromatic rings. The van der Waals surface area contributed by atoms with E-state index in [-0.39, 0.29) is 6.04 Å². The minimum Gasteiger partial charge on any atom is -0.494 e. The van der Waals surface area contributed by atoms with Crippen molar-refractivity contribution in [1.82, 2.24) is 24.2 Å². The number of benzene rings is 1. The van der Waals surface area contributed by atoms with E-state index in [1.807, 2.05) is 18.2 Å². The molecule has 3 N–H and O–H groups in total. The maximum Gasteiger partial charge on any atom is 0.231 e. The molecular formula is C22H30N8O4S. The van der Waals surface area contributed by atoms with Crippen LogP contribution < -0.4 is 20.3 Å². The van der Waals surface area contributed by atoms with Crippen LogP contribution in [0.15, 0.2) is 24.5 Å². The first kappa shape index (κ1) is 23.6. The Morgan fingerprint density at radius 1 is 1.20 bits per heavy atom. The van der Waals surface area contributed by atoms with E-state index < -0.39 is 10.0 Å². The number of imidazole rings is 1. The lowest BCUT2D eigenvalue weighted by atomic mass is 10.1. The van der Waals surface area contributed by atoms with Crippen LogP contribution in [0.2, 0.25) is 0 Å². The predicted molar refractivity (Wildman–Crippen MR) is 134 cm³/mol. The zero-order chi connectivity index (χ0) is 24.4. The minimum absolute atomic E-state index is 0.170. The molecule has 35 heavy (non-hydrogen) atoms. The smallest absolute Gasteiger partial charge is 0.231 e. The molecule has 12 nitrogen and oxygen atoms in total. The fourth-order valence-electron chi connectivity index (χ4n) is 4.42. The SMILES string of the molecule is COc1cc(N2CCN(S(C)(=O)=O)CC2)ccc1Nc1nc(NC2CCCOC2)c2nc[nH]c2n1. The predicted octanol–water partition coefficient (Wildman–Crippen LogP) is 1.78.